The van der Waals surface area contributed by atoms with Gasteiger partial charge in [-0.1, -0.05) is 0 Å². The van der Waals surface area contributed by atoms with E-state index in [2.05, 4.69) is 4.74 Å². The number of hydrogen-bond acceptors (Lipinski definition) is 6. The molecule has 1 aromatic carbocycles. The zero-order valence-electron chi connectivity index (χ0n) is 16.3. The second-order valence-electron chi connectivity index (χ2n) is 8.05. The standard InChI is InChI=1S/C17H25NO6Si2/c1-22-15(19)10-18-16(20)11-8-13(23-25(2,3)4)14(24-26(5,6)7)9-12(11)17(18)21/h8-9H,10H2,1-7H3. The highest BCUT2D eigenvalue weighted by molar-refractivity contribution is 6.71. The van der Waals surface area contributed by atoms with E-state index in [1.54, 1.807) is 12.1 Å². The average Bonchev–Trinajstić information content (AvgIpc) is 2.69. The third kappa shape index (κ3) is 4.52. The van der Waals surface area contributed by atoms with Crippen molar-refractivity contribution in [3.63, 3.8) is 0 Å². The van der Waals surface area contributed by atoms with E-state index >= 15 is 0 Å². The molecule has 0 saturated heterocycles. The summed E-state index contributed by atoms with van der Waals surface area (Å²) in [7, 11) is -2.74. The molecular weight excluding hydrogens is 370 g/mol. The molecule has 0 saturated carbocycles. The Morgan fingerprint density at radius 2 is 1.27 bits per heavy atom. The lowest BCUT2D eigenvalue weighted by Crippen LogP contribution is -2.35. The number of fused-ring (bicyclic) bond motifs is 1. The molecule has 0 radical (unpaired) electrons. The highest BCUT2D eigenvalue weighted by atomic mass is 28.4. The van der Waals surface area contributed by atoms with Crippen LogP contribution in [-0.2, 0) is 9.53 Å². The SMILES string of the molecule is COC(=O)CN1C(=O)c2cc(O[Si](C)(C)C)c(O[Si](C)(C)C)cc2C1=O. The van der Waals surface area contributed by atoms with Gasteiger partial charge in [0.2, 0.25) is 16.6 Å². The highest BCUT2D eigenvalue weighted by Gasteiger charge is 2.39. The summed E-state index contributed by atoms with van der Waals surface area (Å²) in [4.78, 5) is 37.6. The Balaban J connectivity index is 2.50. The first-order chi connectivity index (χ1) is 11.8. The van der Waals surface area contributed by atoms with Crippen molar-refractivity contribution in [1.82, 2.24) is 4.90 Å². The van der Waals surface area contributed by atoms with Crippen LogP contribution in [0.15, 0.2) is 12.1 Å². The zero-order valence-corrected chi connectivity index (χ0v) is 18.3. The summed E-state index contributed by atoms with van der Waals surface area (Å²) < 4.78 is 16.7. The zero-order chi connectivity index (χ0) is 19.9. The predicted octanol–water partition coefficient (Wildman–Crippen LogP) is 2.88. The van der Waals surface area contributed by atoms with E-state index < -0.39 is 41.0 Å². The molecule has 0 unspecified atom stereocenters. The van der Waals surface area contributed by atoms with E-state index in [-0.39, 0.29) is 11.1 Å². The van der Waals surface area contributed by atoms with Crippen molar-refractivity contribution in [2.45, 2.75) is 39.3 Å². The maximum Gasteiger partial charge on any atom is 0.325 e. The summed E-state index contributed by atoms with van der Waals surface area (Å²) >= 11 is 0. The number of methoxy groups -OCH3 is 1. The molecule has 0 fully saturated rings. The van der Waals surface area contributed by atoms with Gasteiger partial charge < -0.3 is 13.6 Å². The Kier molecular flexibility index (Phi) is 5.34. The molecule has 142 valence electrons. The smallest absolute Gasteiger partial charge is 0.325 e. The number of carbonyl (C=O) groups excluding carboxylic acids is 3. The summed E-state index contributed by atoms with van der Waals surface area (Å²) in [5.41, 5.74) is 0.435. The number of hydrogen-bond donors (Lipinski definition) is 0. The molecule has 2 amide bonds. The van der Waals surface area contributed by atoms with Crippen molar-refractivity contribution in [3.05, 3.63) is 23.3 Å². The number of amides is 2. The molecule has 0 atom stereocenters. The second kappa shape index (κ2) is 6.88. The molecule has 1 heterocycles. The normalized spacial score (nSPS) is 14.3. The lowest BCUT2D eigenvalue weighted by molar-refractivity contribution is -0.140. The molecule has 2 rings (SSSR count). The number of imide groups is 1. The van der Waals surface area contributed by atoms with Crippen molar-refractivity contribution in [2.24, 2.45) is 0 Å². The van der Waals surface area contributed by atoms with Gasteiger partial charge in [0.15, 0.2) is 0 Å². The first-order valence-corrected chi connectivity index (χ1v) is 15.1. The van der Waals surface area contributed by atoms with Crippen LogP contribution < -0.4 is 8.85 Å². The van der Waals surface area contributed by atoms with Crippen molar-refractivity contribution >= 4 is 34.4 Å². The first-order valence-electron chi connectivity index (χ1n) is 8.31. The number of ether oxygens (including phenoxy) is 1. The van der Waals surface area contributed by atoms with Crippen LogP contribution in [0.5, 0.6) is 11.5 Å². The molecule has 26 heavy (non-hydrogen) atoms. The Hall–Kier alpha value is -2.14. The second-order valence-corrected chi connectivity index (χ2v) is 16.9. The number of rotatable bonds is 6. The van der Waals surface area contributed by atoms with E-state index in [1.165, 1.54) is 7.11 Å². The molecule has 7 nitrogen and oxygen atoms in total. The van der Waals surface area contributed by atoms with E-state index in [0.29, 0.717) is 11.5 Å². The quantitative estimate of drug-likeness (QED) is 0.418. The van der Waals surface area contributed by atoms with Crippen LogP contribution in [0, 0.1) is 0 Å². The monoisotopic (exact) mass is 395 g/mol. The van der Waals surface area contributed by atoms with Crippen LogP contribution in [-0.4, -0.2) is 53.0 Å². The van der Waals surface area contributed by atoms with Gasteiger partial charge in [-0.05, 0) is 51.4 Å². The molecule has 1 aliphatic rings. The Morgan fingerprint density at radius 3 is 1.58 bits per heavy atom. The van der Waals surface area contributed by atoms with E-state index in [4.69, 9.17) is 8.85 Å². The molecule has 9 heteroatoms. The molecular formula is C17H25NO6Si2. The minimum absolute atomic E-state index is 0.218. The highest BCUT2D eigenvalue weighted by Crippen LogP contribution is 2.37. The summed E-state index contributed by atoms with van der Waals surface area (Å²) in [6.45, 7) is 11.7. The number of nitrogens with zero attached hydrogens (tertiary/aromatic N) is 1. The van der Waals surface area contributed by atoms with Gasteiger partial charge in [0.05, 0.1) is 18.2 Å². The van der Waals surface area contributed by atoms with Gasteiger partial charge in [-0.25, -0.2) is 0 Å². The van der Waals surface area contributed by atoms with Gasteiger partial charge >= 0.3 is 5.97 Å². The third-order valence-electron chi connectivity index (χ3n) is 3.38. The molecule has 0 spiro atoms. The number of esters is 1. The maximum atomic E-state index is 12.6. The number of benzene rings is 1. The van der Waals surface area contributed by atoms with Crippen molar-refractivity contribution in [1.29, 1.82) is 0 Å². The van der Waals surface area contributed by atoms with Crippen molar-refractivity contribution in [2.75, 3.05) is 13.7 Å². The molecule has 0 N–H and O–H groups in total. The van der Waals surface area contributed by atoms with Crippen LogP contribution in [0.2, 0.25) is 39.3 Å². The molecule has 1 aliphatic heterocycles. The predicted molar refractivity (Wildman–Crippen MR) is 102 cm³/mol. The first kappa shape index (κ1) is 20.2. The molecule has 0 bridgehead atoms. The fourth-order valence-corrected chi connectivity index (χ4v) is 4.09. The maximum absolute atomic E-state index is 12.6. The van der Waals surface area contributed by atoms with Gasteiger partial charge in [-0.3, -0.25) is 19.3 Å². The summed E-state index contributed by atoms with van der Waals surface area (Å²) in [5.74, 6) is -0.791. The Morgan fingerprint density at radius 1 is 0.885 bits per heavy atom. The molecule has 0 aliphatic carbocycles. The van der Waals surface area contributed by atoms with E-state index in [9.17, 15) is 14.4 Å². The summed E-state index contributed by atoms with van der Waals surface area (Å²) in [6, 6.07) is 3.11. The van der Waals surface area contributed by atoms with Gasteiger partial charge in [0, 0.05) is 0 Å². The molecule has 0 aromatic heterocycles. The van der Waals surface area contributed by atoms with Gasteiger partial charge in [0.25, 0.3) is 11.8 Å². The van der Waals surface area contributed by atoms with Crippen LogP contribution in [0.1, 0.15) is 20.7 Å². The largest absolute Gasteiger partial charge is 0.542 e. The minimum atomic E-state index is -1.97. The van der Waals surface area contributed by atoms with Gasteiger partial charge in [-0.2, -0.15) is 0 Å². The number of carbonyl (C=O) groups is 3. The fourth-order valence-electron chi connectivity index (χ4n) is 2.45. The topological polar surface area (TPSA) is 82.1 Å². The molecule has 1 aromatic rings. The minimum Gasteiger partial charge on any atom is -0.542 e. The lowest BCUT2D eigenvalue weighted by Gasteiger charge is -2.26. The third-order valence-corrected chi connectivity index (χ3v) is 5.05. The van der Waals surface area contributed by atoms with Gasteiger partial charge in [0.1, 0.15) is 18.0 Å². The lowest BCUT2D eigenvalue weighted by atomic mass is 10.1. The van der Waals surface area contributed by atoms with Crippen LogP contribution in [0.25, 0.3) is 0 Å². The van der Waals surface area contributed by atoms with E-state index in [0.717, 1.165) is 4.90 Å². The Labute approximate surface area is 155 Å². The van der Waals surface area contributed by atoms with Crippen molar-refractivity contribution < 1.29 is 28.0 Å². The fraction of sp³-hybridized carbons (Fsp3) is 0.471. The van der Waals surface area contributed by atoms with Crippen LogP contribution in [0.3, 0.4) is 0 Å². The van der Waals surface area contributed by atoms with Gasteiger partial charge in [-0.15, -0.1) is 0 Å². The average molecular weight is 396 g/mol. The Bertz CT molecular complexity index is 709. The van der Waals surface area contributed by atoms with Crippen LogP contribution in [0.4, 0.5) is 0 Å². The van der Waals surface area contributed by atoms with E-state index in [1.807, 2.05) is 39.3 Å². The summed E-state index contributed by atoms with van der Waals surface area (Å²) in [5, 5.41) is 0. The van der Waals surface area contributed by atoms with Crippen molar-refractivity contribution in [3.8, 4) is 11.5 Å². The summed E-state index contributed by atoms with van der Waals surface area (Å²) in [6.07, 6.45) is 0. The van der Waals surface area contributed by atoms with Crippen LogP contribution >= 0.6 is 0 Å².